The number of carbonyl (C=O) groups is 2. The molecule has 0 saturated carbocycles. The smallest absolute Gasteiger partial charge is 0.407 e. The number of rotatable bonds is 5. The highest BCUT2D eigenvalue weighted by molar-refractivity contribution is 7.20. The molecule has 6 heteroatoms. The van der Waals surface area contributed by atoms with Gasteiger partial charge in [-0.25, -0.2) is 9.59 Å². The molecule has 0 aliphatic rings. The summed E-state index contributed by atoms with van der Waals surface area (Å²) in [7, 11) is 0. The summed E-state index contributed by atoms with van der Waals surface area (Å²) in [5.74, 6) is -0.330. The molecule has 0 aliphatic heterocycles. The van der Waals surface area contributed by atoms with Crippen LogP contribution in [0, 0.1) is 0 Å². The monoisotopic (exact) mass is 335 g/mol. The molecule has 0 unspecified atom stereocenters. The number of hydrogen-bond donors (Lipinski definition) is 1. The van der Waals surface area contributed by atoms with Gasteiger partial charge in [0.1, 0.15) is 10.5 Å². The normalized spacial score (nSPS) is 11.3. The van der Waals surface area contributed by atoms with E-state index < -0.39 is 11.7 Å². The van der Waals surface area contributed by atoms with Crippen LogP contribution in [-0.2, 0) is 9.47 Å². The quantitative estimate of drug-likeness (QED) is 0.663. The summed E-state index contributed by atoms with van der Waals surface area (Å²) < 4.78 is 11.4. The minimum atomic E-state index is -0.516. The molecule has 0 fully saturated rings. The second-order valence-corrected chi connectivity index (χ2v) is 7.15. The number of ether oxygens (including phenoxy) is 2. The van der Waals surface area contributed by atoms with E-state index in [2.05, 4.69) is 5.32 Å². The maximum atomic E-state index is 12.0. The fourth-order valence-corrected chi connectivity index (χ4v) is 2.85. The minimum absolute atomic E-state index is 0.253. The molecular weight excluding hydrogens is 314 g/mol. The Bertz CT molecular complexity index is 654. The molecule has 0 bridgehead atoms. The third kappa shape index (κ3) is 5.56. The van der Waals surface area contributed by atoms with Crippen LogP contribution in [0.1, 0.15) is 36.9 Å². The summed E-state index contributed by atoms with van der Waals surface area (Å²) in [5, 5.41) is 3.66. The summed E-state index contributed by atoms with van der Waals surface area (Å²) in [4.78, 5) is 24.0. The van der Waals surface area contributed by atoms with Gasteiger partial charge in [-0.2, -0.15) is 0 Å². The third-order valence-corrected chi connectivity index (χ3v) is 3.95. The van der Waals surface area contributed by atoms with Crippen molar-refractivity contribution in [1.29, 1.82) is 0 Å². The fourth-order valence-electron chi connectivity index (χ4n) is 1.90. The predicted octanol–water partition coefficient (Wildman–Crippen LogP) is 3.97. The summed E-state index contributed by atoms with van der Waals surface area (Å²) in [6.07, 6.45) is 0.0731. The van der Waals surface area contributed by atoms with Gasteiger partial charge in [-0.05, 0) is 44.7 Å². The van der Waals surface area contributed by atoms with Crippen molar-refractivity contribution in [2.24, 2.45) is 0 Å². The lowest BCUT2D eigenvalue weighted by molar-refractivity contribution is 0.0487. The molecule has 1 aromatic heterocycles. The van der Waals surface area contributed by atoms with Gasteiger partial charge in [-0.3, -0.25) is 0 Å². The van der Waals surface area contributed by atoms with Crippen molar-refractivity contribution in [2.45, 2.75) is 32.8 Å². The third-order valence-electron chi connectivity index (χ3n) is 2.85. The Morgan fingerprint density at radius 3 is 2.65 bits per heavy atom. The van der Waals surface area contributed by atoms with Crippen LogP contribution in [0.15, 0.2) is 30.3 Å². The van der Waals surface area contributed by atoms with Crippen LogP contribution in [0.3, 0.4) is 0 Å². The highest BCUT2D eigenvalue weighted by Gasteiger charge is 2.15. The Morgan fingerprint density at radius 2 is 1.96 bits per heavy atom. The molecule has 2 aromatic rings. The lowest BCUT2D eigenvalue weighted by atomic mass is 10.2. The number of hydrogen-bond acceptors (Lipinski definition) is 5. The largest absolute Gasteiger partial charge is 0.461 e. The molecular formula is C17H21NO4S. The Balaban J connectivity index is 1.70. The summed E-state index contributed by atoms with van der Waals surface area (Å²) in [6.45, 7) is 6.07. The summed E-state index contributed by atoms with van der Waals surface area (Å²) in [5.41, 5.74) is -0.516. The lowest BCUT2D eigenvalue weighted by Crippen LogP contribution is -2.33. The first-order chi connectivity index (χ1) is 10.8. The van der Waals surface area contributed by atoms with Gasteiger partial charge in [0, 0.05) is 11.2 Å². The van der Waals surface area contributed by atoms with Gasteiger partial charge < -0.3 is 14.8 Å². The van der Waals surface area contributed by atoms with Crippen LogP contribution in [0.2, 0.25) is 0 Å². The van der Waals surface area contributed by atoms with Gasteiger partial charge in [-0.1, -0.05) is 18.2 Å². The molecule has 124 valence electrons. The molecule has 1 aromatic carbocycles. The molecule has 0 atom stereocenters. The average molecular weight is 335 g/mol. The number of benzene rings is 1. The fraction of sp³-hybridized carbons (Fsp3) is 0.412. The highest BCUT2D eigenvalue weighted by Crippen LogP contribution is 2.25. The first kappa shape index (κ1) is 17.3. The van der Waals surface area contributed by atoms with Crippen molar-refractivity contribution in [3.63, 3.8) is 0 Å². The van der Waals surface area contributed by atoms with E-state index in [1.807, 2.05) is 30.3 Å². The standard InChI is InChI=1S/C17H21NO4S/c1-17(2,3)22-16(20)18-9-6-10-21-15(19)14-11-12-7-4-5-8-13(12)23-14/h4-5,7-8,11H,6,9-10H2,1-3H3,(H,18,20). The number of amides is 1. The van der Waals surface area contributed by atoms with E-state index in [1.54, 1.807) is 20.8 Å². The topological polar surface area (TPSA) is 64.6 Å². The number of thiophene rings is 1. The van der Waals surface area contributed by atoms with Crippen molar-refractivity contribution >= 4 is 33.5 Å². The van der Waals surface area contributed by atoms with E-state index in [0.717, 1.165) is 10.1 Å². The van der Waals surface area contributed by atoms with Gasteiger partial charge in [0.2, 0.25) is 0 Å². The molecule has 2 rings (SSSR count). The number of carbonyl (C=O) groups excluding carboxylic acids is 2. The zero-order valence-electron chi connectivity index (χ0n) is 13.5. The Hall–Kier alpha value is -2.08. The maximum absolute atomic E-state index is 12.0. The first-order valence-electron chi connectivity index (χ1n) is 7.48. The van der Waals surface area contributed by atoms with Crippen molar-refractivity contribution in [3.05, 3.63) is 35.2 Å². The Kier molecular flexibility index (Phi) is 5.60. The van der Waals surface area contributed by atoms with E-state index in [1.165, 1.54) is 11.3 Å². The number of alkyl carbamates (subject to hydrolysis) is 1. The maximum Gasteiger partial charge on any atom is 0.407 e. The Labute approximate surface area is 139 Å². The molecule has 23 heavy (non-hydrogen) atoms. The SMILES string of the molecule is CC(C)(C)OC(=O)NCCCOC(=O)c1cc2ccccc2s1. The summed E-state index contributed by atoms with van der Waals surface area (Å²) >= 11 is 1.42. The summed E-state index contributed by atoms with van der Waals surface area (Å²) in [6, 6.07) is 9.65. The molecule has 0 radical (unpaired) electrons. The second kappa shape index (κ2) is 7.46. The first-order valence-corrected chi connectivity index (χ1v) is 8.29. The van der Waals surface area contributed by atoms with E-state index in [-0.39, 0.29) is 12.6 Å². The van der Waals surface area contributed by atoms with Crippen molar-refractivity contribution < 1.29 is 19.1 Å². The molecule has 1 amide bonds. The highest BCUT2D eigenvalue weighted by atomic mass is 32.1. The van der Waals surface area contributed by atoms with E-state index in [9.17, 15) is 9.59 Å². The zero-order chi connectivity index (χ0) is 16.9. The van der Waals surface area contributed by atoms with Gasteiger partial charge in [0.05, 0.1) is 6.61 Å². The number of esters is 1. The molecule has 0 aliphatic carbocycles. The van der Waals surface area contributed by atoms with Crippen LogP contribution < -0.4 is 5.32 Å². The average Bonchev–Trinajstić information content (AvgIpc) is 2.88. The molecule has 0 saturated heterocycles. The van der Waals surface area contributed by atoms with Crippen LogP contribution in [0.25, 0.3) is 10.1 Å². The Morgan fingerprint density at radius 1 is 1.22 bits per heavy atom. The number of nitrogens with one attached hydrogen (secondary N) is 1. The molecule has 0 spiro atoms. The van der Waals surface area contributed by atoms with Crippen LogP contribution in [0.4, 0.5) is 4.79 Å². The van der Waals surface area contributed by atoms with E-state index >= 15 is 0 Å². The van der Waals surface area contributed by atoms with Crippen LogP contribution in [-0.4, -0.2) is 30.8 Å². The zero-order valence-corrected chi connectivity index (χ0v) is 14.4. The second-order valence-electron chi connectivity index (χ2n) is 6.07. The molecule has 1 N–H and O–H groups in total. The van der Waals surface area contributed by atoms with E-state index in [0.29, 0.717) is 17.8 Å². The number of fused-ring (bicyclic) bond motifs is 1. The van der Waals surface area contributed by atoms with Crippen molar-refractivity contribution in [3.8, 4) is 0 Å². The van der Waals surface area contributed by atoms with Crippen molar-refractivity contribution in [1.82, 2.24) is 5.32 Å². The molecule has 5 nitrogen and oxygen atoms in total. The van der Waals surface area contributed by atoms with Gasteiger partial charge >= 0.3 is 12.1 Å². The lowest BCUT2D eigenvalue weighted by Gasteiger charge is -2.19. The van der Waals surface area contributed by atoms with E-state index in [4.69, 9.17) is 9.47 Å². The van der Waals surface area contributed by atoms with Crippen LogP contribution in [0.5, 0.6) is 0 Å². The van der Waals surface area contributed by atoms with Crippen LogP contribution >= 0.6 is 11.3 Å². The van der Waals surface area contributed by atoms with Gasteiger partial charge in [-0.15, -0.1) is 11.3 Å². The van der Waals surface area contributed by atoms with Crippen molar-refractivity contribution in [2.75, 3.05) is 13.2 Å². The van der Waals surface area contributed by atoms with Gasteiger partial charge in [0.25, 0.3) is 0 Å². The molecule has 1 heterocycles. The van der Waals surface area contributed by atoms with Gasteiger partial charge in [0.15, 0.2) is 0 Å². The minimum Gasteiger partial charge on any atom is -0.461 e. The predicted molar refractivity (Wildman–Crippen MR) is 91.0 cm³/mol.